The molecule has 0 radical (unpaired) electrons. The van der Waals surface area contributed by atoms with Gasteiger partial charge in [-0.2, -0.15) is 0 Å². The van der Waals surface area contributed by atoms with Crippen molar-refractivity contribution in [2.45, 2.75) is 115 Å². The summed E-state index contributed by atoms with van der Waals surface area (Å²) in [6.45, 7) is 0.207. The maximum Gasteiger partial charge on any atom is 0.303 e. The molecule has 0 heterocycles. The minimum absolute atomic E-state index is 0.337. The van der Waals surface area contributed by atoms with Gasteiger partial charge in [0.25, 0.3) is 0 Å². The van der Waals surface area contributed by atoms with Crippen LogP contribution in [0.4, 0.5) is 0 Å². The third-order valence-electron chi connectivity index (χ3n) is 4.34. The van der Waals surface area contributed by atoms with E-state index >= 15 is 0 Å². The minimum Gasteiger partial charge on any atom is -0.481 e. The maximum absolute atomic E-state index is 10.0. The van der Waals surface area contributed by atoms with Crippen LogP contribution in [0.5, 0.6) is 0 Å². The highest BCUT2D eigenvalue weighted by Gasteiger charge is 2.29. The second-order valence-corrected chi connectivity index (χ2v) is 7.38. The highest BCUT2D eigenvalue weighted by atomic mass is 16.4. The fourth-order valence-corrected chi connectivity index (χ4v) is 2.34. The molecule has 0 spiro atoms. The first-order valence-electron chi connectivity index (χ1n) is 12.3. The molecule has 0 aliphatic carbocycles. The predicted octanol–water partition coefficient (Wildman–Crippen LogP) is 1.28. The standard InChI is InChI=1S/2C8H16O2.C6H14O6/c2*1-2-3-4-5-6-7-8(9)10;7-1-3(9)5(11)6(12)4(10)2-8/h2*2-7H2,1H3,(H,9,10);3-12H,1-2H2/t;;3-,4-,5-,6-/m..1/s1/i;;1D,2D/t;;1?,2?,3-,4-,5-,6-. The Labute approximate surface area is 194 Å². The number of unbranched alkanes of at least 4 members (excludes halogenated alkanes) is 8. The van der Waals surface area contributed by atoms with E-state index in [4.69, 9.17) is 43.6 Å². The molecule has 0 rings (SSSR count). The Morgan fingerprint density at radius 2 is 0.906 bits per heavy atom. The number of aliphatic hydroxyl groups excluding tert-OH is 6. The Bertz CT molecular complexity index is 439. The highest BCUT2D eigenvalue weighted by Crippen LogP contribution is 2.05. The van der Waals surface area contributed by atoms with Crippen molar-refractivity contribution >= 4 is 11.9 Å². The first-order valence-corrected chi connectivity index (χ1v) is 11.2. The van der Waals surface area contributed by atoms with Gasteiger partial charge in [-0.3, -0.25) is 9.59 Å². The molecule has 0 aromatic rings. The van der Waals surface area contributed by atoms with Gasteiger partial charge < -0.3 is 40.9 Å². The first kappa shape index (κ1) is 30.7. The van der Waals surface area contributed by atoms with Crippen LogP contribution in [0, 0.1) is 0 Å². The quantitative estimate of drug-likeness (QED) is 0.143. The van der Waals surface area contributed by atoms with Gasteiger partial charge in [0.2, 0.25) is 0 Å². The largest absolute Gasteiger partial charge is 0.481 e. The second-order valence-electron chi connectivity index (χ2n) is 7.38. The molecule has 2 unspecified atom stereocenters. The van der Waals surface area contributed by atoms with Gasteiger partial charge >= 0.3 is 11.9 Å². The summed E-state index contributed by atoms with van der Waals surface area (Å²) in [5.74, 6) is -1.34. The lowest BCUT2D eigenvalue weighted by Gasteiger charge is -2.24. The van der Waals surface area contributed by atoms with Crippen molar-refractivity contribution in [3.8, 4) is 0 Å². The Balaban J connectivity index is -0.000000434. The molecule has 32 heavy (non-hydrogen) atoms. The van der Waals surface area contributed by atoms with Crippen molar-refractivity contribution < 1.29 is 53.2 Å². The monoisotopic (exact) mass is 472 g/mol. The maximum atomic E-state index is 10.0. The third-order valence-corrected chi connectivity index (χ3v) is 4.34. The molecule has 0 aromatic carbocycles. The normalized spacial score (nSPS) is 17.0. The van der Waals surface area contributed by atoms with Gasteiger partial charge in [-0.1, -0.05) is 65.2 Å². The number of hydrogen-bond acceptors (Lipinski definition) is 8. The Hall–Kier alpha value is -1.30. The summed E-state index contributed by atoms with van der Waals surface area (Å²) in [4.78, 5) is 20.1. The summed E-state index contributed by atoms with van der Waals surface area (Å²) in [6, 6.07) is 0. The van der Waals surface area contributed by atoms with Crippen LogP contribution in [0.15, 0.2) is 0 Å². The fraction of sp³-hybridized carbons (Fsp3) is 0.909. The summed E-state index contributed by atoms with van der Waals surface area (Å²) in [5, 5.41) is 69.4. The van der Waals surface area contributed by atoms with Gasteiger partial charge in [-0.25, -0.2) is 0 Å². The molecule has 0 saturated heterocycles. The number of hydrogen-bond donors (Lipinski definition) is 8. The zero-order valence-corrected chi connectivity index (χ0v) is 19.3. The Morgan fingerprint density at radius 3 is 1.12 bits per heavy atom. The molecule has 0 aliphatic rings. The van der Waals surface area contributed by atoms with Crippen LogP contribution in [-0.4, -0.2) is 90.4 Å². The van der Waals surface area contributed by atoms with E-state index in [9.17, 15) is 9.59 Å². The molecule has 10 nitrogen and oxygen atoms in total. The van der Waals surface area contributed by atoms with Crippen LogP contribution >= 0.6 is 0 Å². The lowest BCUT2D eigenvalue weighted by molar-refractivity contribution is -0.138. The lowest BCUT2D eigenvalue weighted by atomic mass is 10.0. The molecule has 10 heteroatoms. The van der Waals surface area contributed by atoms with Crippen LogP contribution in [-0.2, 0) is 9.59 Å². The van der Waals surface area contributed by atoms with Gasteiger partial charge in [0.1, 0.15) is 24.4 Å². The molecule has 6 atom stereocenters. The van der Waals surface area contributed by atoms with Crippen LogP contribution in [0.1, 0.15) is 93.6 Å². The van der Waals surface area contributed by atoms with E-state index in [0.717, 1.165) is 25.7 Å². The summed E-state index contributed by atoms with van der Waals surface area (Å²) in [6.07, 6.45) is 3.76. The van der Waals surface area contributed by atoms with Gasteiger partial charge in [-0.15, -0.1) is 0 Å². The van der Waals surface area contributed by atoms with Crippen molar-refractivity contribution in [3.63, 3.8) is 0 Å². The summed E-state index contributed by atoms with van der Waals surface area (Å²) in [5.41, 5.74) is 0. The fourth-order valence-electron chi connectivity index (χ4n) is 2.34. The SMILES string of the molecule is CCCCCCCC(=O)O.CCCCCCCC(=O)O.[2H]C(O)[C@@H](O)[C@@H](O)[C@H](O)[C@H](O)C([2H])O. The van der Waals surface area contributed by atoms with E-state index in [1.165, 1.54) is 38.5 Å². The van der Waals surface area contributed by atoms with E-state index in [-0.39, 0.29) is 0 Å². The summed E-state index contributed by atoms with van der Waals surface area (Å²) >= 11 is 0. The molecule has 0 aliphatic heterocycles. The molecule has 0 fully saturated rings. The summed E-state index contributed by atoms with van der Waals surface area (Å²) in [7, 11) is 0. The molecule has 0 saturated carbocycles. The van der Waals surface area contributed by atoms with E-state index in [1.807, 2.05) is 0 Å². The van der Waals surface area contributed by atoms with Crippen molar-refractivity contribution in [1.82, 2.24) is 0 Å². The molecule has 0 amide bonds. The number of carboxylic acids is 2. The topological polar surface area (TPSA) is 196 Å². The van der Waals surface area contributed by atoms with Crippen molar-refractivity contribution in [2.24, 2.45) is 0 Å². The average Bonchev–Trinajstić information content (AvgIpc) is 2.77. The molecule has 0 aromatic heterocycles. The number of rotatable bonds is 17. The smallest absolute Gasteiger partial charge is 0.303 e. The number of aliphatic hydroxyl groups is 6. The average molecular weight is 473 g/mol. The van der Waals surface area contributed by atoms with Crippen LogP contribution in [0.3, 0.4) is 0 Å². The van der Waals surface area contributed by atoms with Crippen LogP contribution in [0.2, 0.25) is 0 Å². The van der Waals surface area contributed by atoms with E-state index in [0.29, 0.717) is 12.8 Å². The molecule has 194 valence electrons. The van der Waals surface area contributed by atoms with Crippen LogP contribution in [0.25, 0.3) is 0 Å². The van der Waals surface area contributed by atoms with E-state index in [2.05, 4.69) is 13.8 Å². The number of carboxylic acid groups (broad SMARTS) is 2. The van der Waals surface area contributed by atoms with Crippen LogP contribution < -0.4 is 0 Å². The third kappa shape index (κ3) is 26.7. The second kappa shape index (κ2) is 26.0. The van der Waals surface area contributed by atoms with Gasteiger partial charge in [0.15, 0.2) is 0 Å². The minimum atomic E-state index is -2.05. The summed E-state index contributed by atoms with van der Waals surface area (Å²) < 4.78 is 13.2. The molecular formula is C22H46O10. The molecule has 0 bridgehead atoms. The van der Waals surface area contributed by atoms with E-state index in [1.54, 1.807) is 0 Å². The van der Waals surface area contributed by atoms with Gasteiger partial charge in [-0.05, 0) is 12.8 Å². The van der Waals surface area contributed by atoms with Gasteiger partial charge in [0.05, 0.1) is 15.9 Å². The lowest BCUT2D eigenvalue weighted by Crippen LogP contribution is -2.46. The van der Waals surface area contributed by atoms with Crippen molar-refractivity contribution in [1.29, 1.82) is 0 Å². The van der Waals surface area contributed by atoms with Gasteiger partial charge in [0, 0.05) is 12.8 Å². The zero-order valence-electron chi connectivity index (χ0n) is 21.3. The number of aliphatic carboxylic acids is 2. The van der Waals surface area contributed by atoms with E-state index < -0.39 is 49.5 Å². The van der Waals surface area contributed by atoms with Crippen molar-refractivity contribution in [3.05, 3.63) is 0 Å². The Kier molecular flexibility index (Phi) is 24.9. The predicted molar refractivity (Wildman–Crippen MR) is 120 cm³/mol. The molecular weight excluding hydrogens is 424 g/mol. The molecule has 8 N–H and O–H groups in total. The highest BCUT2D eigenvalue weighted by molar-refractivity contribution is 5.66. The zero-order chi connectivity index (χ0) is 27.1. The number of carbonyl (C=O) groups is 2. The Morgan fingerprint density at radius 1 is 0.625 bits per heavy atom. The van der Waals surface area contributed by atoms with Crippen molar-refractivity contribution in [2.75, 3.05) is 13.2 Å². The first-order chi connectivity index (χ1) is 15.8.